The molecule has 1 fully saturated rings. The van der Waals surface area contributed by atoms with Crippen molar-refractivity contribution in [2.24, 2.45) is 17.8 Å². The smallest absolute Gasteiger partial charge is 0.308 e. The first-order valence-electron chi connectivity index (χ1n) is 12.3. The predicted octanol–water partition coefficient (Wildman–Crippen LogP) is 4.52. The molecule has 2 heterocycles. The molecule has 1 saturated carbocycles. The van der Waals surface area contributed by atoms with Crippen molar-refractivity contribution < 1.29 is 19.1 Å². The number of amides is 2. The Balaban J connectivity index is 1.59. The van der Waals surface area contributed by atoms with Crippen LogP contribution >= 0.6 is 34.4 Å². The number of carbonyl (C=O) groups is 3. The van der Waals surface area contributed by atoms with E-state index in [1.54, 1.807) is 30.3 Å². The van der Waals surface area contributed by atoms with Crippen LogP contribution < -0.4 is 5.32 Å². The average molecular weight is 553 g/mol. The van der Waals surface area contributed by atoms with Gasteiger partial charge >= 0.3 is 5.97 Å². The van der Waals surface area contributed by atoms with Gasteiger partial charge in [0, 0.05) is 54.7 Å². The number of hydrogen-bond acceptors (Lipinski definition) is 9. The number of carbonyl (C=O) groups excluding carboxylic acids is 3. The van der Waals surface area contributed by atoms with E-state index in [9.17, 15) is 14.4 Å². The Kier molecular flexibility index (Phi) is 10.7. The minimum Gasteiger partial charge on any atom is -0.469 e. The highest BCUT2D eigenvalue weighted by Crippen LogP contribution is 2.34. The topological polar surface area (TPSA) is 101 Å². The normalized spacial score (nSPS) is 15.8. The molecule has 0 bridgehead atoms. The lowest BCUT2D eigenvalue weighted by molar-refractivity contribution is -0.145. The van der Waals surface area contributed by atoms with Crippen LogP contribution in [0.1, 0.15) is 62.0 Å². The van der Waals surface area contributed by atoms with Crippen LogP contribution in [-0.4, -0.2) is 64.6 Å². The first kappa shape index (κ1) is 28.6. The number of thiazole rings is 2. The van der Waals surface area contributed by atoms with Crippen LogP contribution in [0, 0.1) is 17.8 Å². The molecule has 0 spiro atoms. The van der Waals surface area contributed by atoms with Crippen LogP contribution in [0.5, 0.6) is 0 Å². The molecule has 0 aliphatic heterocycles. The Morgan fingerprint density at radius 2 is 2.00 bits per heavy atom. The lowest BCUT2D eigenvalue weighted by Crippen LogP contribution is -2.42. The highest BCUT2D eigenvalue weighted by molar-refractivity contribution is 8.01. The molecule has 2 amide bonds. The average Bonchev–Trinajstić information content (AvgIpc) is 3.29. The number of thioether (sulfide) groups is 1. The summed E-state index contributed by atoms with van der Waals surface area (Å²) in [4.78, 5) is 48.3. The summed E-state index contributed by atoms with van der Waals surface area (Å²) < 4.78 is 5.65. The summed E-state index contributed by atoms with van der Waals surface area (Å²) in [5, 5.41) is 7.58. The number of methoxy groups -OCH3 is 1. The number of ether oxygens (including phenoxy) is 1. The molecular formula is C25H36N4O4S3. The molecule has 1 aliphatic carbocycles. The zero-order valence-corrected chi connectivity index (χ0v) is 24.0. The minimum absolute atomic E-state index is 0.102. The van der Waals surface area contributed by atoms with Gasteiger partial charge in [-0.2, -0.15) is 0 Å². The number of rotatable bonds is 14. The molecule has 198 valence electrons. The van der Waals surface area contributed by atoms with Gasteiger partial charge in [-0.15, -0.1) is 22.7 Å². The van der Waals surface area contributed by atoms with E-state index >= 15 is 0 Å². The van der Waals surface area contributed by atoms with Crippen LogP contribution in [0.3, 0.4) is 0 Å². The lowest BCUT2D eigenvalue weighted by Gasteiger charge is -2.31. The summed E-state index contributed by atoms with van der Waals surface area (Å²) in [6.45, 7) is 6.05. The predicted molar refractivity (Wildman–Crippen MR) is 144 cm³/mol. The zero-order valence-electron chi connectivity index (χ0n) is 21.6. The molecular weight excluding hydrogens is 517 g/mol. The summed E-state index contributed by atoms with van der Waals surface area (Å²) in [6.07, 6.45) is 5.68. The summed E-state index contributed by atoms with van der Waals surface area (Å²) in [6, 6.07) is -0.170. The SMILES string of the molecule is COC(=O)[C@@H](C)C[C@H](Cc1nccs1)NC(=O)c1csc(SCC(C(C)C)N(C)C(=O)CC2CC2)n1. The van der Waals surface area contributed by atoms with Crippen molar-refractivity contribution in [3.8, 4) is 0 Å². The molecule has 3 rings (SSSR count). The maximum Gasteiger partial charge on any atom is 0.308 e. The molecule has 36 heavy (non-hydrogen) atoms. The molecule has 11 heteroatoms. The van der Waals surface area contributed by atoms with Gasteiger partial charge in [0.25, 0.3) is 5.91 Å². The van der Waals surface area contributed by atoms with E-state index in [1.807, 2.05) is 17.3 Å². The molecule has 3 atom stereocenters. The highest BCUT2D eigenvalue weighted by atomic mass is 32.2. The second-order valence-corrected chi connectivity index (χ2v) is 12.8. The van der Waals surface area contributed by atoms with Gasteiger partial charge in [-0.05, 0) is 31.1 Å². The third-order valence-corrected chi connectivity index (χ3v) is 9.32. The zero-order chi connectivity index (χ0) is 26.2. The van der Waals surface area contributed by atoms with Crippen molar-refractivity contribution in [1.29, 1.82) is 0 Å². The van der Waals surface area contributed by atoms with Crippen molar-refractivity contribution >= 4 is 52.2 Å². The van der Waals surface area contributed by atoms with E-state index in [0.717, 1.165) is 27.9 Å². The van der Waals surface area contributed by atoms with E-state index in [4.69, 9.17) is 4.74 Å². The van der Waals surface area contributed by atoms with Crippen LogP contribution in [0.2, 0.25) is 0 Å². The van der Waals surface area contributed by atoms with Gasteiger partial charge in [0.05, 0.1) is 18.0 Å². The molecule has 0 radical (unpaired) electrons. The Morgan fingerprint density at radius 3 is 2.61 bits per heavy atom. The quantitative estimate of drug-likeness (QED) is 0.272. The number of nitrogens with zero attached hydrogens (tertiary/aromatic N) is 3. The largest absolute Gasteiger partial charge is 0.469 e. The van der Waals surface area contributed by atoms with Gasteiger partial charge in [-0.1, -0.05) is 32.5 Å². The fraction of sp³-hybridized carbons (Fsp3) is 0.640. The van der Waals surface area contributed by atoms with Crippen molar-refractivity contribution in [3.05, 3.63) is 27.7 Å². The standard InChI is InChI=1S/C25H36N4O4S3/c1-15(2)20(29(4)22(30)11-17-6-7-17)14-36-25-28-19(13-35-25)23(31)27-18(10-16(3)24(32)33-5)12-21-26-8-9-34-21/h8-9,13,15-18,20H,6-7,10-12,14H2,1-5H3,(H,27,31)/t16-,18+,20?/m0/s1. The first-order valence-corrected chi connectivity index (χ1v) is 15.0. The lowest BCUT2D eigenvalue weighted by atomic mass is 9.99. The Labute approximate surface area is 225 Å². The molecule has 1 N–H and O–H groups in total. The van der Waals surface area contributed by atoms with E-state index in [-0.39, 0.29) is 35.8 Å². The Hall–Kier alpha value is -1.98. The number of hydrogen-bond donors (Lipinski definition) is 1. The number of esters is 1. The molecule has 0 saturated heterocycles. The molecule has 2 aromatic rings. The fourth-order valence-corrected chi connectivity index (χ4v) is 6.90. The molecule has 1 unspecified atom stereocenters. The minimum atomic E-state index is -0.352. The maximum absolute atomic E-state index is 13.0. The van der Waals surface area contributed by atoms with Gasteiger partial charge in [-0.3, -0.25) is 14.4 Å². The number of nitrogens with one attached hydrogen (secondary N) is 1. The number of aromatic nitrogens is 2. The van der Waals surface area contributed by atoms with Crippen molar-refractivity contribution in [1.82, 2.24) is 20.2 Å². The summed E-state index contributed by atoms with van der Waals surface area (Å²) in [5.41, 5.74) is 0.358. The third-order valence-electron chi connectivity index (χ3n) is 6.40. The van der Waals surface area contributed by atoms with Crippen LogP contribution in [0.25, 0.3) is 0 Å². The van der Waals surface area contributed by atoms with Gasteiger partial charge in [0.15, 0.2) is 4.34 Å². The Bertz CT molecular complexity index is 1010. The molecule has 1 aliphatic rings. The van der Waals surface area contributed by atoms with Gasteiger partial charge in [0.1, 0.15) is 5.69 Å². The third kappa shape index (κ3) is 8.55. The summed E-state index contributed by atoms with van der Waals surface area (Å²) in [5.74, 6) is 0.891. The van der Waals surface area contributed by atoms with Gasteiger partial charge < -0.3 is 15.0 Å². The van der Waals surface area contributed by atoms with E-state index < -0.39 is 0 Å². The second-order valence-electron chi connectivity index (χ2n) is 9.73. The summed E-state index contributed by atoms with van der Waals surface area (Å²) in [7, 11) is 3.26. The first-order chi connectivity index (χ1) is 17.2. The van der Waals surface area contributed by atoms with Gasteiger partial charge in [0.2, 0.25) is 5.91 Å². The summed E-state index contributed by atoms with van der Waals surface area (Å²) >= 11 is 4.53. The monoisotopic (exact) mass is 552 g/mol. The van der Waals surface area contributed by atoms with Crippen molar-refractivity contribution in [3.63, 3.8) is 0 Å². The van der Waals surface area contributed by atoms with Crippen LogP contribution in [0.15, 0.2) is 21.3 Å². The van der Waals surface area contributed by atoms with E-state index in [0.29, 0.717) is 36.8 Å². The van der Waals surface area contributed by atoms with E-state index in [1.165, 1.54) is 29.8 Å². The van der Waals surface area contributed by atoms with Gasteiger partial charge in [-0.25, -0.2) is 9.97 Å². The highest BCUT2D eigenvalue weighted by Gasteiger charge is 2.30. The van der Waals surface area contributed by atoms with Crippen molar-refractivity contribution in [2.45, 2.75) is 69.3 Å². The Morgan fingerprint density at radius 1 is 1.25 bits per heavy atom. The maximum atomic E-state index is 13.0. The molecule has 8 nitrogen and oxygen atoms in total. The van der Waals surface area contributed by atoms with Crippen molar-refractivity contribution in [2.75, 3.05) is 19.9 Å². The van der Waals surface area contributed by atoms with Crippen LogP contribution in [-0.2, 0) is 20.7 Å². The molecule has 0 aromatic carbocycles. The fourth-order valence-electron chi connectivity index (χ4n) is 3.98. The van der Waals surface area contributed by atoms with E-state index in [2.05, 4.69) is 29.1 Å². The van der Waals surface area contributed by atoms with Crippen LogP contribution in [0.4, 0.5) is 0 Å². The molecule has 2 aromatic heterocycles. The second kappa shape index (κ2) is 13.5.